The highest BCUT2D eigenvalue weighted by Crippen LogP contribution is 2.39. The summed E-state index contributed by atoms with van der Waals surface area (Å²) < 4.78 is 108. The number of carboxylic acid groups (broad SMARTS) is 1. The molecule has 0 aliphatic carbocycles. The molecule has 1 amide bonds. The number of anilines is 2. The standard InChI is InChI=1S/C49H52ClF3N4O11S3/c1-56(27-28-68-46(60)31-67-30-45(58)59)24-23-37(32-69-39-7-3-2-4-8-39)54-43-20-19-40(29-44(43)70(63,64)49(51,52)53)71(65,66)55-48(62)35-13-17-38(18-14-35)57-25-21-34(22-26-57)47(61)42-10-6-5-9-41(42)33-11-15-36(50)16-12-33/h2-20,29,34,37,47,54,61H,21-28,30-32H2,1H3,(H,55,62)(H,58,59)/t37?,47-/m1/s1. The number of sulfonamides is 1. The van der Waals surface area contributed by atoms with Crippen molar-refractivity contribution in [3.05, 3.63) is 137 Å². The van der Waals surface area contributed by atoms with Crippen molar-refractivity contribution in [3.63, 3.8) is 0 Å². The summed E-state index contributed by atoms with van der Waals surface area (Å²) in [6.07, 6.45) is 0.793. The van der Waals surface area contributed by atoms with Crippen molar-refractivity contribution in [1.29, 1.82) is 0 Å². The number of carbonyl (C=O) groups is 3. The van der Waals surface area contributed by atoms with E-state index in [-0.39, 0.29) is 43.4 Å². The number of sulfone groups is 1. The third-order valence-electron chi connectivity index (χ3n) is 11.6. The monoisotopic (exact) mass is 1060 g/mol. The van der Waals surface area contributed by atoms with Gasteiger partial charge in [-0.25, -0.2) is 31.1 Å². The molecular formula is C49H52ClF3N4O11S3. The number of nitrogens with one attached hydrogen (secondary N) is 2. The molecule has 71 heavy (non-hydrogen) atoms. The molecule has 380 valence electrons. The van der Waals surface area contributed by atoms with Gasteiger partial charge in [-0.2, -0.15) is 13.2 Å². The van der Waals surface area contributed by atoms with Gasteiger partial charge in [0.2, 0.25) is 0 Å². The summed E-state index contributed by atoms with van der Waals surface area (Å²) in [4.78, 5) is 38.2. The van der Waals surface area contributed by atoms with Crippen LogP contribution in [0.4, 0.5) is 24.5 Å². The Hall–Kier alpha value is -5.68. The van der Waals surface area contributed by atoms with Crippen LogP contribution in [0.2, 0.25) is 5.02 Å². The highest BCUT2D eigenvalue weighted by atomic mass is 35.5. The third kappa shape index (κ3) is 15.2. The Morgan fingerprint density at radius 1 is 0.873 bits per heavy atom. The van der Waals surface area contributed by atoms with Crippen LogP contribution in [0.3, 0.4) is 0 Å². The Labute approximate surface area is 419 Å². The maximum atomic E-state index is 14.2. The normalized spacial score (nSPS) is 14.4. The highest BCUT2D eigenvalue weighted by molar-refractivity contribution is 7.99. The molecule has 1 aliphatic heterocycles. The lowest BCUT2D eigenvalue weighted by atomic mass is 9.84. The first-order chi connectivity index (χ1) is 33.7. The SMILES string of the molecule is CN(CCOC(=O)COCC(=O)O)CCC(CSc1ccccc1)Nc1ccc(S(=O)(=O)NC(=O)c2ccc(N3CCC([C@@H](O)c4ccccc4-c4ccc(Cl)cc4)CC3)cc2)cc1S(=O)(=O)C(F)(F)F. The molecule has 1 unspecified atom stereocenters. The predicted molar refractivity (Wildman–Crippen MR) is 264 cm³/mol. The summed E-state index contributed by atoms with van der Waals surface area (Å²) in [5.74, 6) is -2.97. The van der Waals surface area contributed by atoms with Gasteiger partial charge in [-0.05, 0) is 122 Å². The summed E-state index contributed by atoms with van der Waals surface area (Å²) in [5.41, 5.74) is -3.06. The second kappa shape index (κ2) is 24.6. The largest absolute Gasteiger partial charge is 0.501 e. The van der Waals surface area contributed by atoms with Gasteiger partial charge >= 0.3 is 17.4 Å². The number of carboxylic acids is 1. The zero-order valence-electron chi connectivity index (χ0n) is 38.3. The second-order valence-corrected chi connectivity index (χ2v) is 21.7. The summed E-state index contributed by atoms with van der Waals surface area (Å²) >= 11 is 7.43. The van der Waals surface area contributed by atoms with Crippen molar-refractivity contribution in [3.8, 4) is 11.1 Å². The molecular weight excluding hydrogens is 1010 g/mol. The number of rotatable bonds is 23. The van der Waals surface area contributed by atoms with E-state index in [0.717, 1.165) is 39.4 Å². The number of hydrogen-bond donors (Lipinski definition) is 4. The Morgan fingerprint density at radius 2 is 1.54 bits per heavy atom. The molecule has 0 aromatic heterocycles. The molecule has 0 spiro atoms. The molecule has 1 heterocycles. The maximum Gasteiger partial charge on any atom is 0.501 e. The first-order valence-corrected chi connectivity index (χ1v) is 26.5. The number of benzene rings is 5. The van der Waals surface area contributed by atoms with Gasteiger partial charge in [0, 0.05) is 52.6 Å². The topological polar surface area (TPSA) is 209 Å². The fraction of sp³-hybridized carbons (Fsp3) is 0.327. The van der Waals surface area contributed by atoms with Gasteiger partial charge < -0.3 is 34.8 Å². The fourth-order valence-electron chi connectivity index (χ4n) is 7.77. The van der Waals surface area contributed by atoms with Gasteiger partial charge in [-0.3, -0.25) is 4.79 Å². The quantitative estimate of drug-likeness (QED) is 0.0362. The van der Waals surface area contributed by atoms with Crippen LogP contribution in [-0.4, -0.2) is 120 Å². The number of aliphatic carboxylic acids is 1. The summed E-state index contributed by atoms with van der Waals surface area (Å²) in [6, 6.07) is 31.6. The molecule has 1 aliphatic rings. The lowest BCUT2D eigenvalue weighted by Gasteiger charge is -2.36. The van der Waals surface area contributed by atoms with Crippen molar-refractivity contribution in [2.75, 3.05) is 69.0 Å². The summed E-state index contributed by atoms with van der Waals surface area (Å²) in [5, 5.41) is 23.7. The summed E-state index contributed by atoms with van der Waals surface area (Å²) in [6.45, 7) is 0.293. The number of nitrogens with zero attached hydrogens (tertiary/aromatic N) is 2. The molecule has 6 rings (SSSR count). The van der Waals surface area contributed by atoms with Crippen molar-refractivity contribution >= 4 is 72.4 Å². The molecule has 2 atom stereocenters. The van der Waals surface area contributed by atoms with Crippen LogP contribution in [0.1, 0.15) is 41.3 Å². The number of ether oxygens (including phenoxy) is 2. The van der Waals surface area contributed by atoms with E-state index < -0.39 is 84.1 Å². The average molecular weight is 1060 g/mol. The number of alkyl halides is 3. The minimum Gasteiger partial charge on any atom is -0.480 e. The fourth-order valence-corrected chi connectivity index (χ4v) is 10.9. The average Bonchev–Trinajstić information content (AvgIpc) is 3.34. The molecule has 1 saturated heterocycles. The number of aliphatic hydroxyl groups excluding tert-OH is 1. The molecule has 5 aromatic rings. The molecule has 4 N–H and O–H groups in total. The number of thioether (sulfide) groups is 1. The Bertz CT molecular complexity index is 2840. The lowest BCUT2D eigenvalue weighted by Crippen LogP contribution is -2.36. The Balaban J connectivity index is 1.11. The van der Waals surface area contributed by atoms with Crippen LogP contribution in [-0.2, 0) is 38.9 Å². The first-order valence-electron chi connectivity index (χ1n) is 22.2. The number of likely N-dealkylation sites (N-methyl/N-ethyl adjacent to an activating group) is 1. The van der Waals surface area contributed by atoms with Gasteiger partial charge in [-0.1, -0.05) is 66.2 Å². The van der Waals surface area contributed by atoms with Gasteiger partial charge in [-0.15, -0.1) is 11.8 Å². The van der Waals surface area contributed by atoms with Crippen molar-refractivity contribution in [2.45, 2.75) is 51.6 Å². The molecule has 15 nitrogen and oxygen atoms in total. The smallest absolute Gasteiger partial charge is 0.480 e. The van der Waals surface area contributed by atoms with E-state index in [4.69, 9.17) is 26.2 Å². The van der Waals surface area contributed by atoms with Gasteiger partial charge in [0.1, 0.15) is 24.7 Å². The van der Waals surface area contributed by atoms with Crippen LogP contribution in [0, 0.1) is 5.92 Å². The molecule has 1 fully saturated rings. The minimum absolute atomic E-state index is 0.0436. The van der Waals surface area contributed by atoms with Crippen LogP contribution in [0.25, 0.3) is 11.1 Å². The van der Waals surface area contributed by atoms with E-state index in [1.165, 1.54) is 23.9 Å². The second-order valence-electron chi connectivity index (χ2n) is 16.6. The highest BCUT2D eigenvalue weighted by Gasteiger charge is 2.48. The number of hydrogen-bond acceptors (Lipinski definition) is 14. The number of carbonyl (C=O) groups excluding carboxylic acids is 2. The zero-order valence-corrected chi connectivity index (χ0v) is 41.5. The molecule has 0 saturated carbocycles. The molecule has 22 heteroatoms. The number of halogens is 4. The molecule has 0 radical (unpaired) electrons. The van der Waals surface area contributed by atoms with E-state index >= 15 is 0 Å². The van der Waals surface area contributed by atoms with Crippen LogP contribution in [0.15, 0.2) is 136 Å². The van der Waals surface area contributed by atoms with E-state index in [2.05, 4.69) is 10.2 Å². The van der Waals surface area contributed by atoms with Crippen molar-refractivity contribution in [1.82, 2.24) is 9.62 Å². The van der Waals surface area contributed by atoms with Gasteiger partial charge in [0.05, 0.1) is 16.7 Å². The van der Waals surface area contributed by atoms with E-state index in [1.807, 2.05) is 53.3 Å². The minimum atomic E-state index is -6.17. The molecule has 0 bridgehead atoms. The summed E-state index contributed by atoms with van der Waals surface area (Å²) in [7, 11) is -9.43. The number of esters is 1. The van der Waals surface area contributed by atoms with E-state index in [1.54, 1.807) is 54.4 Å². The van der Waals surface area contributed by atoms with E-state index in [0.29, 0.717) is 37.0 Å². The van der Waals surface area contributed by atoms with Crippen molar-refractivity contribution < 1.29 is 64.1 Å². The lowest BCUT2D eigenvalue weighted by molar-refractivity contribution is -0.152. The number of aliphatic hydroxyl groups is 1. The molecule has 5 aromatic carbocycles. The van der Waals surface area contributed by atoms with Crippen LogP contribution in [0.5, 0.6) is 0 Å². The first kappa shape index (κ1) is 54.6. The Kier molecular flexibility index (Phi) is 19.0. The number of amides is 1. The third-order valence-corrected chi connectivity index (χ3v) is 15.9. The van der Waals surface area contributed by atoms with Gasteiger partial charge in [0.15, 0.2) is 0 Å². The van der Waals surface area contributed by atoms with Crippen LogP contribution < -0.4 is 14.9 Å². The number of piperidine rings is 1. The van der Waals surface area contributed by atoms with Crippen LogP contribution >= 0.6 is 23.4 Å². The van der Waals surface area contributed by atoms with Crippen molar-refractivity contribution in [2.24, 2.45) is 5.92 Å². The zero-order chi connectivity index (χ0) is 51.3. The van der Waals surface area contributed by atoms with E-state index in [9.17, 15) is 49.5 Å². The van der Waals surface area contributed by atoms with Gasteiger partial charge in [0.25, 0.3) is 25.8 Å². The predicted octanol–water partition coefficient (Wildman–Crippen LogP) is 7.91. The Morgan fingerprint density at radius 3 is 2.20 bits per heavy atom. The maximum absolute atomic E-state index is 14.2.